The fourth-order valence-electron chi connectivity index (χ4n) is 2.01. The summed E-state index contributed by atoms with van der Waals surface area (Å²) in [5.41, 5.74) is 0.978. The van der Waals surface area contributed by atoms with Crippen molar-refractivity contribution in [2.75, 3.05) is 11.9 Å². The maximum absolute atomic E-state index is 11.9. The zero-order valence-electron chi connectivity index (χ0n) is 12.7. The molecule has 0 radical (unpaired) electrons. The molecule has 0 saturated heterocycles. The predicted octanol–water partition coefficient (Wildman–Crippen LogP) is 2.64. The third kappa shape index (κ3) is 4.63. The van der Waals surface area contributed by atoms with Gasteiger partial charge in [-0.05, 0) is 24.5 Å². The number of nitrogens with zero attached hydrogens (tertiary/aromatic N) is 2. The Kier molecular flexibility index (Phi) is 4.98. The van der Waals surface area contributed by atoms with Gasteiger partial charge in [0.05, 0.1) is 5.69 Å². The standard InChI is InChI=1S/C16H21N3O2/c1-12(2)9-13-10-15(19(3)18-13)17-16(20)11-21-14-7-5-4-6-8-14/h4-8,10,12H,9,11H2,1-3H3,(H,17,20). The number of aryl methyl sites for hydroxylation is 1. The summed E-state index contributed by atoms with van der Waals surface area (Å²) in [5, 5.41) is 7.19. The molecule has 5 nitrogen and oxygen atoms in total. The molecule has 0 aliphatic carbocycles. The second-order valence-electron chi connectivity index (χ2n) is 5.39. The number of para-hydroxylation sites is 1. The van der Waals surface area contributed by atoms with Crippen LogP contribution in [-0.4, -0.2) is 22.3 Å². The van der Waals surface area contributed by atoms with Crippen molar-refractivity contribution in [3.63, 3.8) is 0 Å². The zero-order chi connectivity index (χ0) is 15.2. The highest BCUT2D eigenvalue weighted by Gasteiger charge is 2.10. The summed E-state index contributed by atoms with van der Waals surface area (Å²) < 4.78 is 7.09. The van der Waals surface area contributed by atoms with Crippen molar-refractivity contribution in [1.82, 2.24) is 9.78 Å². The van der Waals surface area contributed by atoms with Gasteiger partial charge >= 0.3 is 0 Å². The first-order valence-corrected chi connectivity index (χ1v) is 7.05. The summed E-state index contributed by atoms with van der Waals surface area (Å²) in [7, 11) is 1.82. The maximum Gasteiger partial charge on any atom is 0.263 e. The van der Waals surface area contributed by atoms with E-state index in [2.05, 4.69) is 24.3 Å². The first-order chi connectivity index (χ1) is 10.0. The van der Waals surface area contributed by atoms with E-state index in [4.69, 9.17) is 4.74 Å². The summed E-state index contributed by atoms with van der Waals surface area (Å²) in [6.45, 7) is 4.26. The van der Waals surface area contributed by atoms with Crippen LogP contribution in [0.1, 0.15) is 19.5 Å². The topological polar surface area (TPSA) is 56.1 Å². The molecule has 0 atom stereocenters. The Morgan fingerprint density at radius 3 is 2.71 bits per heavy atom. The van der Waals surface area contributed by atoms with Gasteiger partial charge < -0.3 is 10.1 Å². The smallest absolute Gasteiger partial charge is 0.263 e. The van der Waals surface area contributed by atoms with E-state index in [1.807, 2.05) is 43.4 Å². The number of benzene rings is 1. The highest BCUT2D eigenvalue weighted by molar-refractivity contribution is 5.91. The van der Waals surface area contributed by atoms with Crippen molar-refractivity contribution < 1.29 is 9.53 Å². The Morgan fingerprint density at radius 2 is 2.05 bits per heavy atom. The Balaban J connectivity index is 1.89. The first kappa shape index (κ1) is 15.1. The van der Waals surface area contributed by atoms with Crippen molar-refractivity contribution in [2.24, 2.45) is 13.0 Å². The van der Waals surface area contributed by atoms with Gasteiger partial charge in [-0.1, -0.05) is 32.0 Å². The normalized spacial score (nSPS) is 10.7. The molecule has 1 aromatic carbocycles. The van der Waals surface area contributed by atoms with E-state index in [9.17, 15) is 4.79 Å². The Bertz CT molecular complexity index is 591. The fraction of sp³-hybridized carbons (Fsp3) is 0.375. The number of carbonyl (C=O) groups excluding carboxylic acids is 1. The summed E-state index contributed by atoms with van der Waals surface area (Å²) in [5.74, 6) is 1.70. The van der Waals surface area contributed by atoms with Gasteiger partial charge in [-0.25, -0.2) is 0 Å². The number of nitrogens with one attached hydrogen (secondary N) is 1. The van der Waals surface area contributed by atoms with Crippen LogP contribution >= 0.6 is 0 Å². The molecule has 1 N–H and O–H groups in total. The van der Waals surface area contributed by atoms with Gasteiger partial charge in [-0.3, -0.25) is 9.48 Å². The van der Waals surface area contributed by atoms with Crippen LogP contribution in [0.3, 0.4) is 0 Å². The van der Waals surface area contributed by atoms with E-state index in [0.29, 0.717) is 17.5 Å². The Hall–Kier alpha value is -2.30. The molecular formula is C16H21N3O2. The molecule has 0 bridgehead atoms. The van der Waals surface area contributed by atoms with Crippen molar-refractivity contribution in [2.45, 2.75) is 20.3 Å². The van der Waals surface area contributed by atoms with Crippen molar-refractivity contribution in [3.8, 4) is 5.75 Å². The average molecular weight is 287 g/mol. The third-order valence-corrected chi connectivity index (χ3v) is 2.93. The minimum absolute atomic E-state index is 0.0191. The number of hydrogen-bond acceptors (Lipinski definition) is 3. The number of carbonyl (C=O) groups is 1. The molecule has 5 heteroatoms. The number of anilines is 1. The maximum atomic E-state index is 11.9. The number of rotatable bonds is 6. The van der Waals surface area contributed by atoms with Crippen LogP contribution < -0.4 is 10.1 Å². The molecular weight excluding hydrogens is 266 g/mol. The van der Waals surface area contributed by atoms with Crippen LogP contribution in [0, 0.1) is 5.92 Å². The highest BCUT2D eigenvalue weighted by atomic mass is 16.5. The SMILES string of the molecule is CC(C)Cc1cc(NC(=O)COc2ccccc2)n(C)n1. The van der Waals surface area contributed by atoms with Crippen molar-refractivity contribution in [3.05, 3.63) is 42.1 Å². The van der Waals surface area contributed by atoms with Gasteiger partial charge in [0.25, 0.3) is 5.91 Å². The minimum atomic E-state index is -0.196. The van der Waals surface area contributed by atoms with E-state index in [1.54, 1.807) is 4.68 Å². The molecule has 0 fully saturated rings. The third-order valence-electron chi connectivity index (χ3n) is 2.93. The predicted molar refractivity (Wildman–Crippen MR) is 82.3 cm³/mol. The van der Waals surface area contributed by atoms with Gasteiger partial charge in [-0.15, -0.1) is 0 Å². The summed E-state index contributed by atoms with van der Waals surface area (Å²) >= 11 is 0. The Labute approximate surface area is 124 Å². The molecule has 1 aromatic heterocycles. The van der Waals surface area contributed by atoms with Gasteiger partial charge in [0.2, 0.25) is 0 Å². The molecule has 1 amide bonds. The monoisotopic (exact) mass is 287 g/mol. The molecule has 0 aliphatic heterocycles. The molecule has 0 spiro atoms. The van der Waals surface area contributed by atoms with E-state index >= 15 is 0 Å². The molecule has 0 saturated carbocycles. The van der Waals surface area contributed by atoms with E-state index in [1.165, 1.54) is 0 Å². The first-order valence-electron chi connectivity index (χ1n) is 7.05. The number of ether oxygens (including phenoxy) is 1. The lowest BCUT2D eigenvalue weighted by Gasteiger charge is -2.07. The largest absolute Gasteiger partial charge is 0.484 e. The quantitative estimate of drug-likeness (QED) is 0.888. The summed E-state index contributed by atoms with van der Waals surface area (Å²) in [6, 6.07) is 11.2. The highest BCUT2D eigenvalue weighted by Crippen LogP contribution is 2.13. The van der Waals surface area contributed by atoms with E-state index < -0.39 is 0 Å². The van der Waals surface area contributed by atoms with E-state index in [0.717, 1.165) is 12.1 Å². The van der Waals surface area contributed by atoms with Gasteiger partial charge in [0, 0.05) is 13.1 Å². The molecule has 2 aromatic rings. The molecule has 21 heavy (non-hydrogen) atoms. The lowest BCUT2D eigenvalue weighted by Crippen LogP contribution is -2.21. The fourth-order valence-corrected chi connectivity index (χ4v) is 2.01. The van der Waals surface area contributed by atoms with Crippen LogP contribution in [-0.2, 0) is 18.3 Å². The molecule has 0 unspecified atom stereocenters. The second-order valence-corrected chi connectivity index (χ2v) is 5.39. The number of aromatic nitrogens is 2. The molecule has 1 heterocycles. The second kappa shape index (κ2) is 6.92. The van der Waals surface area contributed by atoms with Gasteiger partial charge in [-0.2, -0.15) is 5.10 Å². The number of amides is 1. The van der Waals surface area contributed by atoms with Crippen LogP contribution in [0.5, 0.6) is 5.75 Å². The lowest BCUT2D eigenvalue weighted by atomic mass is 10.1. The average Bonchev–Trinajstić information content (AvgIpc) is 2.76. The number of hydrogen-bond donors (Lipinski definition) is 1. The summed E-state index contributed by atoms with van der Waals surface area (Å²) in [6.07, 6.45) is 0.893. The summed E-state index contributed by atoms with van der Waals surface area (Å²) in [4.78, 5) is 11.9. The van der Waals surface area contributed by atoms with E-state index in [-0.39, 0.29) is 12.5 Å². The van der Waals surface area contributed by atoms with Crippen LogP contribution in [0.25, 0.3) is 0 Å². The van der Waals surface area contributed by atoms with Crippen LogP contribution in [0.4, 0.5) is 5.82 Å². The van der Waals surface area contributed by atoms with Crippen molar-refractivity contribution >= 4 is 11.7 Å². The van der Waals surface area contributed by atoms with Gasteiger partial charge in [0.15, 0.2) is 6.61 Å². The van der Waals surface area contributed by atoms with Crippen LogP contribution in [0.2, 0.25) is 0 Å². The minimum Gasteiger partial charge on any atom is -0.484 e. The Morgan fingerprint density at radius 1 is 1.33 bits per heavy atom. The van der Waals surface area contributed by atoms with Crippen molar-refractivity contribution in [1.29, 1.82) is 0 Å². The molecule has 0 aliphatic rings. The zero-order valence-corrected chi connectivity index (χ0v) is 12.7. The van der Waals surface area contributed by atoms with Crippen LogP contribution in [0.15, 0.2) is 36.4 Å². The lowest BCUT2D eigenvalue weighted by molar-refractivity contribution is -0.118. The molecule has 2 rings (SSSR count). The molecule has 112 valence electrons. The van der Waals surface area contributed by atoms with Gasteiger partial charge in [0.1, 0.15) is 11.6 Å².